The maximum atomic E-state index is 12.5. The first-order chi connectivity index (χ1) is 11.8. The number of carbonyl (C=O) groups excluding carboxylic acids is 1. The second-order valence-corrected chi connectivity index (χ2v) is 8.89. The molecule has 134 valence electrons. The van der Waals surface area contributed by atoms with Crippen LogP contribution in [0.2, 0.25) is 5.02 Å². The van der Waals surface area contributed by atoms with E-state index >= 15 is 0 Å². The van der Waals surface area contributed by atoms with Crippen molar-refractivity contribution in [3.05, 3.63) is 70.7 Å². The Labute approximate surface area is 154 Å². The number of benzene rings is 2. The summed E-state index contributed by atoms with van der Waals surface area (Å²) in [6.07, 6.45) is 0. The normalized spacial score (nSPS) is 13.9. The van der Waals surface area contributed by atoms with E-state index in [4.69, 9.17) is 11.6 Å². The summed E-state index contributed by atoms with van der Waals surface area (Å²) >= 11 is 5.88. The van der Waals surface area contributed by atoms with E-state index in [1.54, 1.807) is 24.3 Å². The lowest BCUT2D eigenvalue weighted by atomic mass is 10.0. The highest BCUT2D eigenvalue weighted by molar-refractivity contribution is 7.92. The maximum absolute atomic E-state index is 12.5. The largest absolute Gasteiger partial charge is 0.354 e. The third-order valence-corrected chi connectivity index (χ3v) is 6.38. The fraction of sp³-hybridized carbons (Fsp3) is 0.316. The fourth-order valence-electron chi connectivity index (χ4n) is 2.44. The second-order valence-electron chi connectivity index (χ2n) is 6.14. The fourth-order valence-corrected chi connectivity index (χ4v) is 3.96. The molecule has 0 radical (unpaired) electrons. The highest BCUT2D eigenvalue weighted by Gasteiger charge is 2.28. The molecule has 2 rings (SSSR count). The van der Waals surface area contributed by atoms with Gasteiger partial charge in [0.2, 0.25) is 5.91 Å². The van der Waals surface area contributed by atoms with E-state index in [-0.39, 0.29) is 11.7 Å². The molecule has 0 aromatic heterocycles. The summed E-state index contributed by atoms with van der Waals surface area (Å²) in [5, 5.41) is 2.10. The van der Waals surface area contributed by atoms with Gasteiger partial charge in [-0.25, -0.2) is 8.42 Å². The van der Waals surface area contributed by atoms with Crippen LogP contribution in [0.25, 0.3) is 0 Å². The van der Waals surface area contributed by atoms with Crippen LogP contribution in [0.1, 0.15) is 30.9 Å². The average Bonchev–Trinajstić information content (AvgIpc) is 2.59. The Bertz CT molecular complexity index is 822. The average molecular weight is 380 g/mol. The predicted octanol–water partition coefficient (Wildman–Crippen LogP) is 3.56. The lowest BCUT2D eigenvalue weighted by Crippen LogP contribution is -2.39. The first-order valence-electron chi connectivity index (χ1n) is 8.08. The van der Waals surface area contributed by atoms with Gasteiger partial charge in [0, 0.05) is 11.6 Å². The third-order valence-electron chi connectivity index (χ3n) is 4.12. The van der Waals surface area contributed by atoms with Crippen molar-refractivity contribution in [3.63, 3.8) is 0 Å². The zero-order chi connectivity index (χ0) is 18.4. The molecule has 1 amide bonds. The van der Waals surface area contributed by atoms with Gasteiger partial charge in [-0.15, -0.1) is 0 Å². The lowest BCUT2D eigenvalue weighted by Gasteiger charge is -2.17. The van der Waals surface area contributed by atoms with Crippen molar-refractivity contribution in [2.45, 2.75) is 30.8 Å². The molecule has 4 nitrogen and oxygen atoms in total. The SMILES string of the molecule is CC(CNC(=O)C(C)S(=O)(=O)Cc1cccc(Cl)c1)c1ccccc1. The number of nitrogens with one attached hydrogen (secondary N) is 1. The molecule has 0 aliphatic heterocycles. The van der Waals surface area contributed by atoms with Crippen LogP contribution in [0.4, 0.5) is 0 Å². The van der Waals surface area contributed by atoms with E-state index in [1.165, 1.54) is 6.92 Å². The van der Waals surface area contributed by atoms with E-state index in [9.17, 15) is 13.2 Å². The molecule has 0 saturated carbocycles. The summed E-state index contributed by atoms with van der Waals surface area (Å²) in [5.74, 6) is -0.589. The highest BCUT2D eigenvalue weighted by Crippen LogP contribution is 2.17. The Morgan fingerprint density at radius 1 is 1.08 bits per heavy atom. The van der Waals surface area contributed by atoms with Gasteiger partial charge in [0.05, 0.1) is 5.75 Å². The molecule has 0 bridgehead atoms. The Morgan fingerprint density at radius 3 is 2.40 bits per heavy atom. The lowest BCUT2D eigenvalue weighted by molar-refractivity contribution is -0.120. The summed E-state index contributed by atoms with van der Waals surface area (Å²) < 4.78 is 24.9. The Hall–Kier alpha value is -1.85. The van der Waals surface area contributed by atoms with Crippen LogP contribution in [0, 0.1) is 0 Å². The summed E-state index contributed by atoms with van der Waals surface area (Å²) in [6, 6.07) is 16.4. The first-order valence-corrected chi connectivity index (χ1v) is 10.2. The first kappa shape index (κ1) is 19.5. The maximum Gasteiger partial charge on any atom is 0.238 e. The van der Waals surface area contributed by atoms with Gasteiger partial charge in [-0.3, -0.25) is 4.79 Å². The Morgan fingerprint density at radius 2 is 1.76 bits per heavy atom. The number of hydrogen-bond acceptors (Lipinski definition) is 3. The Kier molecular flexibility index (Phi) is 6.62. The third kappa shape index (κ3) is 5.58. The molecule has 0 spiro atoms. The summed E-state index contributed by atoms with van der Waals surface area (Å²) in [6.45, 7) is 3.79. The van der Waals surface area contributed by atoms with E-state index in [0.29, 0.717) is 17.1 Å². The molecular weight excluding hydrogens is 358 g/mol. The zero-order valence-corrected chi connectivity index (χ0v) is 15.8. The minimum Gasteiger partial charge on any atom is -0.354 e. The van der Waals surface area contributed by atoms with Gasteiger partial charge in [-0.05, 0) is 36.1 Å². The van der Waals surface area contributed by atoms with Crippen molar-refractivity contribution in [1.29, 1.82) is 0 Å². The van der Waals surface area contributed by atoms with Gasteiger partial charge in [0.25, 0.3) is 0 Å². The molecule has 6 heteroatoms. The quantitative estimate of drug-likeness (QED) is 0.799. The molecule has 25 heavy (non-hydrogen) atoms. The van der Waals surface area contributed by atoms with Gasteiger partial charge in [0.1, 0.15) is 5.25 Å². The van der Waals surface area contributed by atoms with Crippen molar-refractivity contribution in [2.24, 2.45) is 0 Å². The van der Waals surface area contributed by atoms with E-state index in [2.05, 4.69) is 5.32 Å². The van der Waals surface area contributed by atoms with Crippen LogP contribution in [-0.2, 0) is 20.4 Å². The van der Waals surface area contributed by atoms with Gasteiger partial charge in [0.15, 0.2) is 9.84 Å². The number of rotatable bonds is 7. The molecule has 2 aromatic carbocycles. The monoisotopic (exact) mass is 379 g/mol. The second kappa shape index (κ2) is 8.50. The van der Waals surface area contributed by atoms with Crippen molar-refractivity contribution in [1.82, 2.24) is 5.32 Å². The number of sulfone groups is 1. The van der Waals surface area contributed by atoms with Crippen LogP contribution in [0.3, 0.4) is 0 Å². The van der Waals surface area contributed by atoms with Crippen LogP contribution in [0.15, 0.2) is 54.6 Å². The van der Waals surface area contributed by atoms with Crippen LogP contribution < -0.4 is 5.32 Å². The molecule has 2 atom stereocenters. The minimum absolute atomic E-state index is 0.105. The van der Waals surface area contributed by atoms with Crippen molar-refractivity contribution in [2.75, 3.05) is 6.54 Å². The van der Waals surface area contributed by atoms with Crippen molar-refractivity contribution >= 4 is 27.3 Å². The van der Waals surface area contributed by atoms with Crippen LogP contribution in [-0.4, -0.2) is 26.1 Å². The Balaban J connectivity index is 1.96. The smallest absolute Gasteiger partial charge is 0.238 e. The molecule has 0 aliphatic carbocycles. The molecule has 2 unspecified atom stereocenters. The van der Waals surface area contributed by atoms with Crippen LogP contribution >= 0.6 is 11.6 Å². The van der Waals surface area contributed by atoms with Crippen LogP contribution in [0.5, 0.6) is 0 Å². The summed E-state index contributed by atoms with van der Waals surface area (Å²) in [5.41, 5.74) is 1.67. The van der Waals surface area contributed by atoms with E-state index < -0.39 is 21.0 Å². The standard InChI is InChI=1S/C19H22ClNO3S/c1-14(17-8-4-3-5-9-17)12-21-19(22)15(2)25(23,24)13-16-7-6-10-18(20)11-16/h3-11,14-15H,12-13H2,1-2H3,(H,21,22). The molecular formula is C19H22ClNO3S. The number of amides is 1. The summed E-state index contributed by atoms with van der Waals surface area (Å²) in [4.78, 5) is 12.3. The minimum atomic E-state index is -3.61. The van der Waals surface area contributed by atoms with Crippen molar-refractivity contribution < 1.29 is 13.2 Å². The highest BCUT2D eigenvalue weighted by atomic mass is 35.5. The summed E-state index contributed by atoms with van der Waals surface area (Å²) in [7, 11) is -3.61. The van der Waals surface area contributed by atoms with Gasteiger partial charge >= 0.3 is 0 Å². The molecule has 2 aromatic rings. The number of carbonyl (C=O) groups is 1. The van der Waals surface area contributed by atoms with Gasteiger partial charge in [-0.1, -0.05) is 61.0 Å². The molecule has 0 fully saturated rings. The van der Waals surface area contributed by atoms with E-state index in [0.717, 1.165) is 5.56 Å². The zero-order valence-electron chi connectivity index (χ0n) is 14.3. The van der Waals surface area contributed by atoms with E-state index in [1.807, 2.05) is 37.3 Å². The molecule has 0 heterocycles. The van der Waals surface area contributed by atoms with Crippen molar-refractivity contribution in [3.8, 4) is 0 Å². The number of halogens is 1. The van der Waals surface area contributed by atoms with Gasteiger partial charge < -0.3 is 5.32 Å². The molecule has 1 N–H and O–H groups in total. The number of hydrogen-bond donors (Lipinski definition) is 1. The topological polar surface area (TPSA) is 63.2 Å². The molecule has 0 aliphatic rings. The predicted molar refractivity (Wildman–Crippen MR) is 101 cm³/mol. The molecule has 0 saturated heterocycles. The van der Waals surface area contributed by atoms with Gasteiger partial charge in [-0.2, -0.15) is 0 Å².